The molecule has 0 aliphatic carbocycles. The molecule has 0 spiro atoms. The highest BCUT2D eigenvalue weighted by atomic mass is 16.6. The fraction of sp³-hybridized carbons (Fsp3) is 0.750. The zero-order chi connectivity index (χ0) is 14.6. The van der Waals surface area contributed by atoms with Gasteiger partial charge in [0.1, 0.15) is 5.69 Å². The van der Waals surface area contributed by atoms with Crippen LogP contribution in [0.15, 0.2) is 0 Å². The number of nitro groups is 1. The molecule has 0 saturated heterocycles. The van der Waals surface area contributed by atoms with Crippen molar-refractivity contribution in [2.24, 2.45) is 0 Å². The van der Waals surface area contributed by atoms with Crippen molar-refractivity contribution < 1.29 is 10.0 Å². The molecule has 0 bridgehead atoms. The lowest BCUT2D eigenvalue weighted by molar-refractivity contribution is -0.384. The number of aliphatic hydroxyl groups is 1. The molecule has 0 saturated carbocycles. The maximum atomic E-state index is 11.2. The molecule has 108 valence electrons. The SMILES string of the molecule is CCN(CCCO)c1c([N+](=O)[O-])c(C)nn1C(C)C. The first-order valence-corrected chi connectivity index (χ1v) is 6.53. The summed E-state index contributed by atoms with van der Waals surface area (Å²) in [4.78, 5) is 12.8. The highest BCUT2D eigenvalue weighted by molar-refractivity contribution is 5.61. The van der Waals surface area contributed by atoms with E-state index in [1.54, 1.807) is 11.6 Å². The molecule has 1 heterocycles. The maximum Gasteiger partial charge on any atom is 0.333 e. The van der Waals surface area contributed by atoms with Gasteiger partial charge in [0, 0.05) is 25.7 Å². The molecule has 0 aromatic carbocycles. The van der Waals surface area contributed by atoms with E-state index in [1.165, 1.54) is 0 Å². The molecule has 19 heavy (non-hydrogen) atoms. The molecule has 0 atom stereocenters. The summed E-state index contributed by atoms with van der Waals surface area (Å²) in [6.45, 7) is 8.76. The van der Waals surface area contributed by atoms with Gasteiger partial charge in [-0.25, -0.2) is 4.68 Å². The first kappa shape index (κ1) is 15.4. The van der Waals surface area contributed by atoms with Gasteiger partial charge in [-0.05, 0) is 34.1 Å². The van der Waals surface area contributed by atoms with Gasteiger partial charge in [0.15, 0.2) is 0 Å². The first-order valence-electron chi connectivity index (χ1n) is 6.53. The zero-order valence-electron chi connectivity index (χ0n) is 12.0. The van der Waals surface area contributed by atoms with Gasteiger partial charge in [-0.15, -0.1) is 0 Å². The van der Waals surface area contributed by atoms with Gasteiger partial charge in [0.25, 0.3) is 0 Å². The molecule has 1 aromatic heterocycles. The number of anilines is 1. The second-order valence-electron chi connectivity index (χ2n) is 4.71. The minimum Gasteiger partial charge on any atom is -0.396 e. The Morgan fingerprint density at radius 3 is 2.58 bits per heavy atom. The molecule has 1 N–H and O–H groups in total. The number of hydrogen-bond acceptors (Lipinski definition) is 5. The number of hydrogen-bond donors (Lipinski definition) is 1. The van der Waals surface area contributed by atoms with Crippen LogP contribution in [0.3, 0.4) is 0 Å². The molecule has 0 aliphatic rings. The molecule has 0 aliphatic heterocycles. The molecule has 0 unspecified atom stereocenters. The van der Waals surface area contributed by atoms with Gasteiger partial charge in [0.05, 0.1) is 4.92 Å². The Morgan fingerprint density at radius 1 is 1.53 bits per heavy atom. The van der Waals surface area contributed by atoms with Gasteiger partial charge in [-0.2, -0.15) is 5.10 Å². The Balaban J connectivity index is 3.30. The van der Waals surface area contributed by atoms with Crippen LogP contribution in [0.2, 0.25) is 0 Å². The van der Waals surface area contributed by atoms with Crippen molar-refractivity contribution in [2.45, 2.75) is 40.2 Å². The fourth-order valence-electron chi connectivity index (χ4n) is 2.07. The van der Waals surface area contributed by atoms with Crippen LogP contribution in [0.5, 0.6) is 0 Å². The van der Waals surface area contributed by atoms with Crippen LogP contribution >= 0.6 is 0 Å². The molecule has 0 amide bonds. The summed E-state index contributed by atoms with van der Waals surface area (Å²) in [5, 5.41) is 24.5. The van der Waals surface area contributed by atoms with Crippen LogP contribution in [0.4, 0.5) is 11.5 Å². The van der Waals surface area contributed by atoms with E-state index in [0.717, 1.165) is 0 Å². The van der Waals surface area contributed by atoms with E-state index in [1.807, 2.05) is 25.7 Å². The summed E-state index contributed by atoms with van der Waals surface area (Å²) in [5.74, 6) is 0.536. The van der Waals surface area contributed by atoms with Gasteiger partial charge in [0.2, 0.25) is 5.82 Å². The zero-order valence-corrected chi connectivity index (χ0v) is 12.0. The van der Waals surface area contributed by atoms with Gasteiger partial charge < -0.3 is 10.0 Å². The van der Waals surface area contributed by atoms with Crippen molar-refractivity contribution in [1.82, 2.24) is 9.78 Å². The Kier molecular flexibility index (Phi) is 5.29. The third-order valence-corrected chi connectivity index (χ3v) is 2.97. The van der Waals surface area contributed by atoms with E-state index >= 15 is 0 Å². The molecule has 1 aromatic rings. The quantitative estimate of drug-likeness (QED) is 0.604. The predicted octanol–water partition coefficient (Wildman–Crippen LogP) is 1.89. The molecular weight excluding hydrogens is 248 g/mol. The van der Waals surface area contributed by atoms with Gasteiger partial charge in [-0.1, -0.05) is 0 Å². The average Bonchev–Trinajstić information content (AvgIpc) is 2.68. The van der Waals surface area contributed by atoms with Crippen molar-refractivity contribution in [2.75, 3.05) is 24.6 Å². The fourth-order valence-corrected chi connectivity index (χ4v) is 2.07. The molecule has 0 fully saturated rings. The third-order valence-electron chi connectivity index (χ3n) is 2.97. The summed E-state index contributed by atoms with van der Waals surface area (Å²) in [6.07, 6.45) is 0.577. The summed E-state index contributed by atoms with van der Waals surface area (Å²) >= 11 is 0. The minimum atomic E-state index is -0.377. The smallest absolute Gasteiger partial charge is 0.333 e. The van der Waals surface area contributed by atoms with Crippen molar-refractivity contribution >= 4 is 11.5 Å². The Morgan fingerprint density at radius 2 is 2.16 bits per heavy atom. The predicted molar refractivity (Wildman–Crippen MR) is 73.6 cm³/mol. The van der Waals surface area contributed by atoms with E-state index in [4.69, 9.17) is 5.11 Å². The largest absolute Gasteiger partial charge is 0.396 e. The van der Waals surface area contributed by atoms with Gasteiger partial charge in [-0.3, -0.25) is 10.1 Å². The van der Waals surface area contributed by atoms with Crippen molar-refractivity contribution in [3.63, 3.8) is 0 Å². The second kappa shape index (κ2) is 6.51. The van der Waals surface area contributed by atoms with E-state index in [0.29, 0.717) is 31.0 Å². The van der Waals surface area contributed by atoms with Gasteiger partial charge >= 0.3 is 5.69 Å². The lowest BCUT2D eigenvalue weighted by atomic mass is 10.3. The molecule has 7 nitrogen and oxygen atoms in total. The maximum absolute atomic E-state index is 11.2. The number of nitrogens with zero attached hydrogens (tertiary/aromatic N) is 4. The van der Waals surface area contributed by atoms with Crippen LogP contribution in [0.25, 0.3) is 0 Å². The molecule has 0 radical (unpaired) electrons. The monoisotopic (exact) mass is 270 g/mol. The standard InChI is InChI=1S/C12H22N4O3/c1-5-14(7-6-8-17)12-11(16(18)19)10(4)13-15(12)9(2)3/h9,17H,5-8H2,1-4H3. The molecule has 7 heteroatoms. The Labute approximate surface area is 113 Å². The average molecular weight is 270 g/mol. The normalized spacial score (nSPS) is 11.1. The van der Waals surface area contributed by atoms with Crippen molar-refractivity contribution in [3.05, 3.63) is 15.8 Å². The Bertz CT molecular complexity index is 442. The number of aryl methyl sites for hydroxylation is 1. The summed E-state index contributed by atoms with van der Waals surface area (Å²) in [6, 6.07) is 0.0468. The second-order valence-corrected chi connectivity index (χ2v) is 4.71. The van der Waals surface area contributed by atoms with E-state index in [-0.39, 0.29) is 23.3 Å². The lowest BCUT2D eigenvalue weighted by Gasteiger charge is -2.23. The summed E-state index contributed by atoms with van der Waals surface area (Å²) in [5.41, 5.74) is 0.490. The van der Waals surface area contributed by atoms with Crippen LogP contribution in [-0.2, 0) is 0 Å². The van der Waals surface area contributed by atoms with Crippen LogP contribution in [0, 0.1) is 17.0 Å². The highest BCUT2D eigenvalue weighted by Crippen LogP contribution is 2.33. The van der Waals surface area contributed by atoms with Crippen LogP contribution in [0.1, 0.15) is 38.9 Å². The summed E-state index contributed by atoms with van der Waals surface area (Å²) in [7, 11) is 0. The van der Waals surface area contributed by atoms with Crippen molar-refractivity contribution in [1.29, 1.82) is 0 Å². The summed E-state index contributed by atoms with van der Waals surface area (Å²) < 4.78 is 1.69. The van der Waals surface area contributed by atoms with Crippen LogP contribution in [-0.4, -0.2) is 39.5 Å². The number of rotatable bonds is 7. The third kappa shape index (κ3) is 3.23. The highest BCUT2D eigenvalue weighted by Gasteiger charge is 2.29. The molecular formula is C12H22N4O3. The van der Waals surface area contributed by atoms with Crippen LogP contribution < -0.4 is 4.90 Å². The first-order chi connectivity index (χ1) is 8.93. The minimum absolute atomic E-state index is 0.0468. The number of aliphatic hydroxyl groups excluding tert-OH is 1. The topological polar surface area (TPSA) is 84.4 Å². The van der Waals surface area contributed by atoms with Crippen molar-refractivity contribution in [3.8, 4) is 0 Å². The Hall–Kier alpha value is -1.63. The molecule has 1 rings (SSSR count). The van der Waals surface area contributed by atoms with E-state index in [9.17, 15) is 10.1 Å². The van der Waals surface area contributed by atoms with E-state index in [2.05, 4.69) is 5.10 Å². The van der Waals surface area contributed by atoms with E-state index < -0.39 is 0 Å². The number of aromatic nitrogens is 2. The lowest BCUT2D eigenvalue weighted by Crippen LogP contribution is -2.28.